The molecule has 5 nitrogen and oxygen atoms in total. The van der Waals surface area contributed by atoms with E-state index in [1.807, 2.05) is 0 Å². The third kappa shape index (κ3) is 2.05. The molecule has 0 aromatic heterocycles. The van der Waals surface area contributed by atoms with Gasteiger partial charge < -0.3 is 5.32 Å². The van der Waals surface area contributed by atoms with Gasteiger partial charge in [-0.1, -0.05) is 12.1 Å². The number of hydrogen-bond acceptors (Lipinski definition) is 3. The van der Waals surface area contributed by atoms with E-state index in [0.29, 0.717) is 23.2 Å². The molecular formula is C15H11FN2O3. The van der Waals surface area contributed by atoms with Crippen molar-refractivity contribution in [3.63, 3.8) is 0 Å². The first-order chi connectivity index (χ1) is 9.99. The second kappa shape index (κ2) is 4.66. The van der Waals surface area contributed by atoms with Crippen molar-refractivity contribution in [2.24, 2.45) is 0 Å². The highest BCUT2D eigenvalue weighted by molar-refractivity contribution is 6.00. The number of rotatable bonds is 2. The number of benzene rings is 2. The Morgan fingerprint density at radius 1 is 1.29 bits per heavy atom. The van der Waals surface area contributed by atoms with Crippen LogP contribution >= 0.6 is 0 Å². The summed E-state index contributed by atoms with van der Waals surface area (Å²) in [6.45, 7) is 1.85. The zero-order valence-electron chi connectivity index (χ0n) is 11.1. The minimum Gasteiger partial charge on any atom is -0.348 e. The van der Waals surface area contributed by atoms with Gasteiger partial charge >= 0.3 is 5.69 Å². The quantitative estimate of drug-likeness (QED) is 0.681. The number of hydrogen-bond donors (Lipinski definition) is 1. The molecule has 3 rings (SSSR count). The first-order valence-corrected chi connectivity index (χ1v) is 6.34. The van der Waals surface area contributed by atoms with Crippen LogP contribution in [-0.4, -0.2) is 10.8 Å². The topological polar surface area (TPSA) is 72.2 Å². The maximum atomic E-state index is 13.8. The number of nitro benzene ring substituents is 1. The fourth-order valence-electron chi connectivity index (χ4n) is 2.56. The predicted octanol–water partition coefficient (Wildman–Crippen LogP) is 2.95. The van der Waals surface area contributed by atoms with Crippen LogP contribution in [0.1, 0.15) is 21.5 Å². The van der Waals surface area contributed by atoms with E-state index < -0.39 is 16.4 Å². The van der Waals surface area contributed by atoms with Crippen molar-refractivity contribution in [1.29, 1.82) is 0 Å². The van der Waals surface area contributed by atoms with Gasteiger partial charge in [0.2, 0.25) is 5.82 Å². The fraction of sp³-hybridized carbons (Fsp3) is 0.133. The second-order valence-electron chi connectivity index (χ2n) is 4.90. The van der Waals surface area contributed by atoms with Gasteiger partial charge in [-0.15, -0.1) is 0 Å². The van der Waals surface area contributed by atoms with Crippen molar-refractivity contribution < 1.29 is 14.1 Å². The third-order valence-electron chi connectivity index (χ3n) is 3.59. The van der Waals surface area contributed by atoms with Crippen LogP contribution in [0.3, 0.4) is 0 Å². The minimum absolute atomic E-state index is 0.166. The highest BCUT2D eigenvalue weighted by Gasteiger charge is 2.24. The summed E-state index contributed by atoms with van der Waals surface area (Å²) in [5, 5.41) is 13.7. The number of fused-ring (bicyclic) bond motifs is 1. The van der Waals surface area contributed by atoms with Gasteiger partial charge in [-0.2, -0.15) is 4.39 Å². The molecule has 2 aromatic rings. The highest BCUT2D eigenvalue weighted by Crippen LogP contribution is 2.33. The summed E-state index contributed by atoms with van der Waals surface area (Å²) < 4.78 is 13.8. The molecule has 0 unspecified atom stereocenters. The zero-order chi connectivity index (χ0) is 15.1. The van der Waals surface area contributed by atoms with E-state index in [9.17, 15) is 19.3 Å². The lowest BCUT2D eigenvalue weighted by molar-refractivity contribution is -0.387. The fourth-order valence-corrected chi connectivity index (χ4v) is 2.56. The molecule has 2 aromatic carbocycles. The van der Waals surface area contributed by atoms with Crippen LogP contribution < -0.4 is 5.32 Å². The molecule has 0 spiro atoms. The van der Waals surface area contributed by atoms with Crippen molar-refractivity contribution in [2.75, 3.05) is 0 Å². The number of amides is 1. The van der Waals surface area contributed by atoms with Gasteiger partial charge in [0, 0.05) is 18.2 Å². The molecule has 0 bridgehead atoms. The molecule has 0 aliphatic carbocycles. The van der Waals surface area contributed by atoms with Crippen molar-refractivity contribution in [3.05, 3.63) is 63.0 Å². The molecule has 106 valence electrons. The molecule has 0 fully saturated rings. The lowest BCUT2D eigenvalue weighted by Crippen LogP contribution is -2.12. The van der Waals surface area contributed by atoms with Crippen molar-refractivity contribution >= 4 is 11.6 Å². The smallest absolute Gasteiger partial charge is 0.305 e. The first-order valence-electron chi connectivity index (χ1n) is 6.34. The summed E-state index contributed by atoms with van der Waals surface area (Å²) in [4.78, 5) is 21.9. The summed E-state index contributed by atoms with van der Waals surface area (Å²) >= 11 is 0. The van der Waals surface area contributed by atoms with E-state index >= 15 is 0 Å². The summed E-state index contributed by atoms with van der Waals surface area (Å²) in [6, 6.07) is 7.95. The van der Waals surface area contributed by atoms with Crippen LogP contribution in [-0.2, 0) is 6.54 Å². The third-order valence-corrected chi connectivity index (χ3v) is 3.59. The van der Waals surface area contributed by atoms with Crippen LogP contribution in [0.5, 0.6) is 0 Å². The molecule has 0 saturated heterocycles. The molecule has 1 aliphatic heterocycles. The van der Waals surface area contributed by atoms with Gasteiger partial charge in [0.15, 0.2) is 0 Å². The maximum absolute atomic E-state index is 13.8. The number of halogens is 1. The lowest BCUT2D eigenvalue weighted by Gasteiger charge is -2.09. The summed E-state index contributed by atoms with van der Waals surface area (Å²) in [5.74, 6) is -0.995. The lowest BCUT2D eigenvalue weighted by atomic mass is 9.95. The Balaban J connectivity index is 2.23. The number of nitrogens with zero attached hydrogens (tertiary/aromatic N) is 1. The molecule has 0 saturated carbocycles. The van der Waals surface area contributed by atoms with Gasteiger partial charge in [-0.3, -0.25) is 14.9 Å². The summed E-state index contributed by atoms with van der Waals surface area (Å²) in [6.07, 6.45) is 0. The van der Waals surface area contributed by atoms with Crippen molar-refractivity contribution in [3.8, 4) is 11.1 Å². The van der Waals surface area contributed by atoms with Crippen LogP contribution in [0.2, 0.25) is 0 Å². The van der Waals surface area contributed by atoms with E-state index in [2.05, 4.69) is 5.32 Å². The molecule has 1 heterocycles. The standard InChI is InChI=1S/C15H11FN2O3/c1-8-5-9(6-13(14(8)16)18(20)21)10-3-2-4-11-12(10)7-17-15(11)19/h2-6H,7H2,1H3,(H,17,19). The molecule has 1 amide bonds. The Hall–Kier alpha value is -2.76. The van der Waals surface area contributed by atoms with Gasteiger partial charge in [-0.25, -0.2) is 0 Å². The monoisotopic (exact) mass is 286 g/mol. The predicted molar refractivity (Wildman–Crippen MR) is 74.4 cm³/mol. The molecular weight excluding hydrogens is 275 g/mol. The minimum atomic E-state index is -0.828. The van der Waals surface area contributed by atoms with Gasteiger partial charge in [0.05, 0.1) is 4.92 Å². The van der Waals surface area contributed by atoms with Crippen LogP contribution in [0, 0.1) is 22.9 Å². The molecule has 6 heteroatoms. The number of carbonyl (C=O) groups is 1. The number of aryl methyl sites for hydroxylation is 1. The Morgan fingerprint density at radius 3 is 2.71 bits per heavy atom. The van der Waals surface area contributed by atoms with Gasteiger partial charge in [0.1, 0.15) is 0 Å². The molecule has 21 heavy (non-hydrogen) atoms. The zero-order valence-corrected chi connectivity index (χ0v) is 11.1. The molecule has 1 aliphatic rings. The van der Waals surface area contributed by atoms with E-state index in [0.717, 1.165) is 5.56 Å². The number of carbonyl (C=O) groups excluding carboxylic acids is 1. The van der Waals surface area contributed by atoms with Crippen LogP contribution in [0.4, 0.5) is 10.1 Å². The van der Waals surface area contributed by atoms with Crippen LogP contribution in [0.25, 0.3) is 11.1 Å². The molecule has 1 N–H and O–H groups in total. The molecule has 0 atom stereocenters. The van der Waals surface area contributed by atoms with E-state index in [-0.39, 0.29) is 11.5 Å². The van der Waals surface area contributed by atoms with Crippen molar-refractivity contribution in [1.82, 2.24) is 5.32 Å². The Kier molecular flexibility index (Phi) is 2.94. The Labute approximate surface area is 119 Å². The Morgan fingerprint density at radius 2 is 2.00 bits per heavy atom. The first kappa shape index (κ1) is 13.2. The van der Waals surface area contributed by atoms with E-state index in [1.165, 1.54) is 13.0 Å². The maximum Gasteiger partial charge on any atom is 0.305 e. The number of nitro groups is 1. The van der Waals surface area contributed by atoms with E-state index in [1.54, 1.807) is 24.3 Å². The average molecular weight is 286 g/mol. The Bertz CT molecular complexity index is 787. The van der Waals surface area contributed by atoms with Crippen molar-refractivity contribution in [2.45, 2.75) is 13.5 Å². The summed E-state index contributed by atoms with van der Waals surface area (Å²) in [5.41, 5.74) is 2.22. The number of nitrogens with one attached hydrogen (secondary N) is 1. The second-order valence-corrected chi connectivity index (χ2v) is 4.90. The van der Waals surface area contributed by atoms with Crippen LogP contribution in [0.15, 0.2) is 30.3 Å². The highest BCUT2D eigenvalue weighted by atomic mass is 19.1. The normalized spacial score (nSPS) is 13.0. The largest absolute Gasteiger partial charge is 0.348 e. The van der Waals surface area contributed by atoms with Gasteiger partial charge in [-0.05, 0) is 41.3 Å². The SMILES string of the molecule is Cc1cc(-c2cccc3c2CNC3=O)cc([N+](=O)[O-])c1F. The van der Waals surface area contributed by atoms with E-state index in [4.69, 9.17) is 0 Å². The average Bonchev–Trinajstić information content (AvgIpc) is 2.83. The van der Waals surface area contributed by atoms with Gasteiger partial charge in [0.25, 0.3) is 5.91 Å². The molecule has 0 radical (unpaired) electrons. The summed E-state index contributed by atoms with van der Waals surface area (Å²) in [7, 11) is 0.